The SMILES string of the molecule is NC(=O)C(c1ccc(F)cc1)N1CCC(O)(C(F)(F)F)CC1. The van der Waals surface area contributed by atoms with Gasteiger partial charge in [0.05, 0.1) is 0 Å². The maximum atomic E-state index is 12.9. The van der Waals surface area contributed by atoms with E-state index in [1.807, 2.05) is 0 Å². The molecule has 1 unspecified atom stereocenters. The molecule has 1 aromatic rings. The van der Waals surface area contributed by atoms with Crippen molar-refractivity contribution in [2.45, 2.75) is 30.7 Å². The molecule has 4 nitrogen and oxygen atoms in total. The van der Waals surface area contributed by atoms with Crippen LogP contribution in [0.2, 0.25) is 0 Å². The van der Waals surface area contributed by atoms with Crippen molar-refractivity contribution in [2.24, 2.45) is 5.73 Å². The van der Waals surface area contributed by atoms with E-state index in [-0.39, 0.29) is 13.1 Å². The van der Waals surface area contributed by atoms with Crippen LogP contribution in [0, 0.1) is 5.82 Å². The standard InChI is InChI=1S/C14H16F4N2O2/c15-10-3-1-9(2-4-10)11(12(19)21)20-7-5-13(22,6-8-20)14(16,17)18/h1-4,11,22H,5-8H2,(H2,19,21). The zero-order valence-electron chi connectivity index (χ0n) is 11.6. The van der Waals surface area contributed by atoms with Gasteiger partial charge < -0.3 is 10.8 Å². The average molecular weight is 320 g/mol. The van der Waals surface area contributed by atoms with Crippen LogP contribution in [0.5, 0.6) is 0 Å². The number of amides is 1. The first-order valence-corrected chi connectivity index (χ1v) is 6.72. The number of benzene rings is 1. The Morgan fingerprint density at radius 1 is 1.23 bits per heavy atom. The van der Waals surface area contributed by atoms with Crippen LogP contribution in [-0.4, -0.2) is 40.8 Å². The molecule has 1 aliphatic heterocycles. The summed E-state index contributed by atoms with van der Waals surface area (Å²) in [5, 5.41) is 9.64. The lowest BCUT2D eigenvalue weighted by atomic mass is 9.89. The molecule has 0 bridgehead atoms. The number of nitrogens with zero attached hydrogens (tertiary/aromatic N) is 1. The van der Waals surface area contributed by atoms with Gasteiger partial charge in [0.15, 0.2) is 5.60 Å². The van der Waals surface area contributed by atoms with E-state index in [0.717, 1.165) is 12.1 Å². The second-order valence-corrected chi connectivity index (χ2v) is 5.42. The Balaban J connectivity index is 2.16. The molecule has 3 N–H and O–H groups in total. The molecule has 22 heavy (non-hydrogen) atoms. The number of aliphatic hydroxyl groups is 1. The predicted octanol–water partition coefficient (Wildman–Crippen LogP) is 1.74. The van der Waals surface area contributed by atoms with Gasteiger partial charge >= 0.3 is 6.18 Å². The highest BCUT2D eigenvalue weighted by Gasteiger charge is 2.55. The van der Waals surface area contributed by atoms with Gasteiger partial charge in [-0.3, -0.25) is 9.69 Å². The minimum Gasteiger partial charge on any atom is -0.380 e. The lowest BCUT2D eigenvalue weighted by Crippen LogP contribution is -2.55. The summed E-state index contributed by atoms with van der Waals surface area (Å²) in [6, 6.07) is 4.10. The molecule has 0 spiro atoms. The first kappa shape index (κ1) is 16.7. The minimum absolute atomic E-state index is 0.138. The second-order valence-electron chi connectivity index (χ2n) is 5.42. The molecule has 0 saturated carbocycles. The molecule has 1 fully saturated rings. The van der Waals surface area contributed by atoms with Crippen LogP contribution in [0.15, 0.2) is 24.3 Å². The maximum absolute atomic E-state index is 12.9. The molecule has 0 aliphatic carbocycles. The van der Waals surface area contributed by atoms with Gasteiger partial charge in [0.2, 0.25) is 5.91 Å². The molecule has 1 aromatic carbocycles. The summed E-state index contributed by atoms with van der Waals surface area (Å²) in [6.45, 7) is -0.276. The Kier molecular flexibility index (Phi) is 4.44. The predicted molar refractivity (Wildman–Crippen MR) is 70.1 cm³/mol. The third-order valence-electron chi connectivity index (χ3n) is 3.97. The van der Waals surface area contributed by atoms with Crippen molar-refractivity contribution in [1.29, 1.82) is 0 Å². The summed E-state index contributed by atoms with van der Waals surface area (Å²) < 4.78 is 51.3. The van der Waals surface area contributed by atoms with Crippen LogP contribution < -0.4 is 5.73 Å². The zero-order valence-corrected chi connectivity index (χ0v) is 11.6. The zero-order chi connectivity index (χ0) is 16.5. The minimum atomic E-state index is -4.71. The van der Waals surface area contributed by atoms with Gasteiger partial charge in [-0.1, -0.05) is 12.1 Å². The Morgan fingerprint density at radius 3 is 2.14 bits per heavy atom. The molecule has 1 amide bonds. The highest BCUT2D eigenvalue weighted by atomic mass is 19.4. The van der Waals surface area contributed by atoms with Gasteiger partial charge in [0.1, 0.15) is 11.9 Å². The summed E-state index contributed by atoms with van der Waals surface area (Å²) in [6.07, 6.45) is -5.79. The molecular weight excluding hydrogens is 304 g/mol. The quantitative estimate of drug-likeness (QED) is 0.834. The molecular formula is C14H16F4N2O2. The van der Waals surface area contributed by atoms with Gasteiger partial charge in [-0.25, -0.2) is 4.39 Å². The van der Waals surface area contributed by atoms with E-state index in [2.05, 4.69) is 0 Å². The lowest BCUT2D eigenvalue weighted by molar-refractivity contribution is -0.273. The molecule has 2 rings (SSSR count). The van der Waals surface area contributed by atoms with E-state index in [0.29, 0.717) is 5.56 Å². The molecule has 8 heteroatoms. The van der Waals surface area contributed by atoms with E-state index in [4.69, 9.17) is 5.73 Å². The van der Waals surface area contributed by atoms with Gasteiger partial charge in [0.25, 0.3) is 0 Å². The van der Waals surface area contributed by atoms with Gasteiger partial charge in [-0.2, -0.15) is 13.2 Å². The molecule has 1 atom stereocenters. The summed E-state index contributed by atoms with van der Waals surface area (Å²) in [4.78, 5) is 13.1. The van der Waals surface area contributed by atoms with E-state index < -0.39 is 42.4 Å². The van der Waals surface area contributed by atoms with Crippen LogP contribution in [0.4, 0.5) is 17.6 Å². The number of nitrogens with two attached hydrogens (primary N) is 1. The first-order chi connectivity index (χ1) is 10.1. The Labute approximate surface area is 124 Å². The number of hydrogen-bond acceptors (Lipinski definition) is 3. The number of likely N-dealkylation sites (tertiary alicyclic amines) is 1. The van der Waals surface area contributed by atoms with Crippen LogP contribution >= 0.6 is 0 Å². The van der Waals surface area contributed by atoms with Crippen molar-refractivity contribution in [1.82, 2.24) is 4.90 Å². The number of rotatable bonds is 3. The van der Waals surface area contributed by atoms with Crippen LogP contribution in [-0.2, 0) is 4.79 Å². The summed E-state index contributed by atoms with van der Waals surface area (Å²) >= 11 is 0. The van der Waals surface area contributed by atoms with Crippen molar-refractivity contribution >= 4 is 5.91 Å². The number of carbonyl (C=O) groups excluding carboxylic acids is 1. The molecule has 0 aromatic heterocycles. The van der Waals surface area contributed by atoms with Gasteiger partial charge in [-0.05, 0) is 30.5 Å². The Hall–Kier alpha value is -1.67. The number of piperidine rings is 1. The van der Waals surface area contributed by atoms with Gasteiger partial charge in [-0.15, -0.1) is 0 Å². The monoisotopic (exact) mass is 320 g/mol. The number of alkyl halides is 3. The first-order valence-electron chi connectivity index (χ1n) is 6.72. The van der Waals surface area contributed by atoms with Crippen LogP contribution in [0.3, 0.4) is 0 Å². The number of halogens is 4. The van der Waals surface area contributed by atoms with Crippen LogP contribution in [0.25, 0.3) is 0 Å². The fourth-order valence-corrected chi connectivity index (χ4v) is 2.64. The van der Waals surface area contributed by atoms with Crippen molar-refractivity contribution < 1.29 is 27.5 Å². The van der Waals surface area contributed by atoms with Crippen molar-refractivity contribution in [2.75, 3.05) is 13.1 Å². The van der Waals surface area contributed by atoms with E-state index in [9.17, 15) is 27.5 Å². The molecule has 122 valence electrons. The smallest absolute Gasteiger partial charge is 0.380 e. The van der Waals surface area contributed by atoms with Crippen molar-refractivity contribution in [3.8, 4) is 0 Å². The van der Waals surface area contributed by atoms with Crippen LogP contribution in [0.1, 0.15) is 24.4 Å². The molecule has 1 heterocycles. The maximum Gasteiger partial charge on any atom is 0.417 e. The average Bonchev–Trinajstić information content (AvgIpc) is 2.42. The second kappa shape index (κ2) is 5.85. The van der Waals surface area contributed by atoms with Gasteiger partial charge in [0, 0.05) is 13.1 Å². The topological polar surface area (TPSA) is 66.6 Å². The summed E-state index contributed by atoms with van der Waals surface area (Å²) in [5.41, 5.74) is 3.00. The normalized spacial score (nSPS) is 20.6. The Bertz CT molecular complexity index is 537. The molecule has 1 saturated heterocycles. The third kappa shape index (κ3) is 3.22. The largest absolute Gasteiger partial charge is 0.417 e. The fourth-order valence-electron chi connectivity index (χ4n) is 2.64. The summed E-state index contributed by atoms with van der Waals surface area (Å²) in [5.74, 6) is -1.22. The summed E-state index contributed by atoms with van der Waals surface area (Å²) in [7, 11) is 0. The highest BCUT2D eigenvalue weighted by Crippen LogP contribution is 2.39. The number of carbonyl (C=O) groups is 1. The molecule has 1 aliphatic rings. The van der Waals surface area contributed by atoms with Crippen molar-refractivity contribution in [3.63, 3.8) is 0 Å². The number of hydrogen-bond donors (Lipinski definition) is 2. The fraction of sp³-hybridized carbons (Fsp3) is 0.500. The molecule has 0 radical (unpaired) electrons. The van der Waals surface area contributed by atoms with E-state index in [1.54, 1.807) is 0 Å². The number of primary amides is 1. The Morgan fingerprint density at radius 2 is 1.73 bits per heavy atom. The van der Waals surface area contributed by atoms with E-state index in [1.165, 1.54) is 17.0 Å². The highest BCUT2D eigenvalue weighted by molar-refractivity contribution is 5.81. The van der Waals surface area contributed by atoms with E-state index >= 15 is 0 Å². The van der Waals surface area contributed by atoms with Crippen molar-refractivity contribution in [3.05, 3.63) is 35.6 Å². The lowest BCUT2D eigenvalue weighted by Gasteiger charge is -2.41. The third-order valence-corrected chi connectivity index (χ3v) is 3.97.